The van der Waals surface area contributed by atoms with E-state index in [-0.39, 0.29) is 5.54 Å². The van der Waals surface area contributed by atoms with Crippen molar-refractivity contribution in [2.24, 2.45) is 0 Å². The van der Waals surface area contributed by atoms with E-state index in [9.17, 15) is 0 Å². The molecule has 0 unspecified atom stereocenters. The topological polar surface area (TPSA) is 47.7 Å². The number of aromatic nitrogens is 4. The molecule has 0 aliphatic carbocycles. The van der Waals surface area contributed by atoms with E-state index in [4.69, 9.17) is 0 Å². The minimum Gasteiger partial charge on any atom is -0.308 e. The highest BCUT2D eigenvalue weighted by molar-refractivity contribution is 5.05. The standard InChI is InChI=1S/C14H23N5/c1-12(10-18-7-5-6-16-18)15-8-13-9-17-19(11-13)14(2,3)4/h5-7,9,11-12,15H,8,10H2,1-4H3/t12-/m1/s1. The summed E-state index contributed by atoms with van der Waals surface area (Å²) in [4.78, 5) is 0. The molecule has 1 N–H and O–H groups in total. The van der Waals surface area contributed by atoms with E-state index in [0.29, 0.717) is 6.04 Å². The zero-order chi connectivity index (χ0) is 13.9. The molecule has 2 aromatic rings. The molecule has 0 fully saturated rings. The monoisotopic (exact) mass is 261 g/mol. The molecule has 104 valence electrons. The summed E-state index contributed by atoms with van der Waals surface area (Å²) < 4.78 is 3.94. The number of rotatable bonds is 5. The predicted octanol–water partition coefficient (Wildman–Crippen LogP) is 2.01. The molecule has 0 spiro atoms. The van der Waals surface area contributed by atoms with Gasteiger partial charge in [0.25, 0.3) is 0 Å². The maximum Gasteiger partial charge on any atom is 0.0560 e. The minimum atomic E-state index is 0.0406. The van der Waals surface area contributed by atoms with Crippen LogP contribution >= 0.6 is 0 Å². The van der Waals surface area contributed by atoms with Crippen LogP contribution < -0.4 is 5.32 Å². The van der Waals surface area contributed by atoms with Crippen LogP contribution in [0.25, 0.3) is 0 Å². The second kappa shape index (κ2) is 5.57. The maximum absolute atomic E-state index is 4.40. The third-order valence-electron chi connectivity index (χ3n) is 3.00. The molecule has 2 rings (SSSR count). The summed E-state index contributed by atoms with van der Waals surface area (Å²) in [6.45, 7) is 10.3. The average molecular weight is 261 g/mol. The van der Waals surface area contributed by atoms with Crippen LogP contribution in [0.3, 0.4) is 0 Å². The third-order valence-corrected chi connectivity index (χ3v) is 3.00. The summed E-state index contributed by atoms with van der Waals surface area (Å²) >= 11 is 0. The summed E-state index contributed by atoms with van der Waals surface area (Å²) in [7, 11) is 0. The molecule has 5 nitrogen and oxygen atoms in total. The molecule has 2 heterocycles. The summed E-state index contributed by atoms with van der Waals surface area (Å²) in [5.74, 6) is 0. The van der Waals surface area contributed by atoms with E-state index in [1.165, 1.54) is 5.56 Å². The lowest BCUT2D eigenvalue weighted by Crippen LogP contribution is -2.30. The van der Waals surface area contributed by atoms with Crippen LogP contribution in [-0.2, 0) is 18.6 Å². The van der Waals surface area contributed by atoms with Gasteiger partial charge in [0, 0.05) is 36.7 Å². The van der Waals surface area contributed by atoms with E-state index in [0.717, 1.165) is 13.1 Å². The molecule has 5 heteroatoms. The fourth-order valence-corrected chi connectivity index (χ4v) is 1.86. The molecule has 0 amide bonds. The highest BCUT2D eigenvalue weighted by Gasteiger charge is 2.14. The van der Waals surface area contributed by atoms with E-state index in [2.05, 4.69) is 49.4 Å². The van der Waals surface area contributed by atoms with Crippen LogP contribution in [0.2, 0.25) is 0 Å². The molecule has 0 aromatic carbocycles. The lowest BCUT2D eigenvalue weighted by Gasteiger charge is -2.18. The first-order chi connectivity index (χ1) is 8.95. The smallest absolute Gasteiger partial charge is 0.0560 e. The van der Waals surface area contributed by atoms with Crippen LogP contribution in [0.15, 0.2) is 30.9 Å². The molecular weight excluding hydrogens is 238 g/mol. The van der Waals surface area contributed by atoms with E-state index < -0.39 is 0 Å². The normalized spacial score (nSPS) is 13.7. The van der Waals surface area contributed by atoms with Gasteiger partial charge in [0.2, 0.25) is 0 Å². The second-order valence-corrected chi connectivity index (χ2v) is 5.97. The third kappa shape index (κ3) is 3.92. The van der Waals surface area contributed by atoms with Gasteiger partial charge in [-0.1, -0.05) is 0 Å². The Morgan fingerprint density at radius 2 is 2.11 bits per heavy atom. The summed E-state index contributed by atoms with van der Waals surface area (Å²) in [5, 5.41) is 12.1. The minimum absolute atomic E-state index is 0.0406. The highest BCUT2D eigenvalue weighted by atomic mass is 15.3. The van der Waals surface area contributed by atoms with Crippen LogP contribution in [0.5, 0.6) is 0 Å². The Hall–Kier alpha value is -1.62. The van der Waals surface area contributed by atoms with Gasteiger partial charge in [0.1, 0.15) is 0 Å². The van der Waals surface area contributed by atoms with Crippen LogP contribution in [0.4, 0.5) is 0 Å². The van der Waals surface area contributed by atoms with E-state index in [1.54, 1.807) is 6.20 Å². The van der Waals surface area contributed by atoms with Crippen molar-refractivity contribution in [2.75, 3.05) is 0 Å². The van der Waals surface area contributed by atoms with Crippen molar-refractivity contribution >= 4 is 0 Å². The second-order valence-electron chi connectivity index (χ2n) is 5.97. The van der Waals surface area contributed by atoms with Crippen molar-refractivity contribution in [3.63, 3.8) is 0 Å². The molecule has 0 aliphatic heterocycles. The van der Waals surface area contributed by atoms with Gasteiger partial charge in [-0.05, 0) is 33.8 Å². The Morgan fingerprint density at radius 1 is 1.32 bits per heavy atom. The average Bonchev–Trinajstić information content (AvgIpc) is 2.95. The van der Waals surface area contributed by atoms with Gasteiger partial charge >= 0.3 is 0 Å². The number of nitrogens with zero attached hydrogens (tertiary/aromatic N) is 4. The van der Waals surface area contributed by atoms with Crippen LogP contribution in [0.1, 0.15) is 33.3 Å². The van der Waals surface area contributed by atoms with Gasteiger partial charge < -0.3 is 5.32 Å². The molecule has 0 bridgehead atoms. The molecule has 0 aliphatic rings. The zero-order valence-corrected chi connectivity index (χ0v) is 12.2. The molecule has 19 heavy (non-hydrogen) atoms. The van der Waals surface area contributed by atoms with Gasteiger partial charge in [-0.3, -0.25) is 9.36 Å². The first kappa shape index (κ1) is 13.8. The van der Waals surface area contributed by atoms with Crippen molar-refractivity contribution in [1.29, 1.82) is 0 Å². The first-order valence-corrected chi connectivity index (χ1v) is 6.70. The first-order valence-electron chi connectivity index (χ1n) is 6.70. The number of nitrogens with one attached hydrogen (secondary N) is 1. The largest absolute Gasteiger partial charge is 0.308 e. The number of hydrogen-bond acceptors (Lipinski definition) is 3. The van der Waals surface area contributed by atoms with Crippen molar-refractivity contribution in [3.05, 3.63) is 36.4 Å². The van der Waals surface area contributed by atoms with Crippen LogP contribution in [-0.4, -0.2) is 25.6 Å². The van der Waals surface area contributed by atoms with Gasteiger partial charge in [-0.2, -0.15) is 10.2 Å². The summed E-state index contributed by atoms with van der Waals surface area (Å²) in [6, 6.07) is 2.32. The summed E-state index contributed by atoms with van der Waals surface area (Å²) in [5.41, 5.74) is 1.25. The molecule has 0 saturated heterocycles. The van der Waals surface area contributed by atoms with Gasteiger partial charge in [-0.15, -0.1) is 0 Å². The maximum atomic E-state index is 4.40. The number of hydrogen-bond donors (Lipinski definition) is 1. The zero-order valence-electron chi connectivity index (χ0n) is 12.2. The molecule has 0 radical (unpaired) electrons. The van der Waals surface area contributed by atoms with Gasteiger partial charge in [0.05, 0.1) is 18.3 Å². The Morgan fingerprint density at radius 3 is 2.68 bits per heavy atom. The summed E-state index contributed by atoms with van der Waals surface area (Å²) in [6.07, 6.45) is 7.82. The molecule has 1 atom stereocenters. The van der Waals surface area contributed by atoms with Gasteiger partial charge in [-0.25, -0.2) is 0 Å². The van der Waals surface area contributed by atoms with Crippen molar-refractivity contribution in [3.8, 4) is 0 Å². The fraction of sp³-hybridized carbons (Fsp3) is 0.571. The van der Waals surface area contributed by atoms with E-state index >= 15 is 0 Å². The van der Waals surface area contributed by atoms with E-state index in [1.807, 2.05) is 27.8 Å². The lowest BCUT2D eigenvalue weighted by atomic mass is 10.1. The SMILES string of the molecule is C[C@H](Cn1cccn1)NCc1cnn(C(C)(C)C)c1. The Bertz CT molecular complexity index is 492. The Kier molecular flexibility index (Phi) is 4.04. The van der Waals surface area contributed by atoms with Gasteiger partial charge in [0.15, 0.2) is 0 Å². The Balaban J connectivity index is 1.83. The van der Waals surface area contributed by atoms with Crippen molar-refractivity contribution in [1.82, 2.24) is 24.9 Å². The van der Waals surface area contributed by atoms with Crippen LogP contribution in [0, 0.1) is 0 Å². The Labute approximate surface area is 114 Å². The predicted molar refractivity (Wildman–Crippen MR) is 75.8 cm³/mol. The molecular formula is C14H23N5. The fourth-order valence-electron chi connectivity index (χ4n) is 1.86. The molecule has 2 aromatic heterocycles. The molecule has 0 saturated carbocycles. The highest BCUT2D eigenvalue weighted by Crippen LogP contribution is 2.13. The quantitative estimate of drug-likeness (QED) is 0.895. The van der Waals surface area contributed by atoms with Crippen molar-refractivity contribution < 1.29 is 0 Å². The van der Waals surface area contributed by atoms with Crippen molar-refractivity contribution in [2.45, 2.75) is 52.4 Å². The lowest BCUT2D eigenvalue weighted by molar-refractivity contribution is 0.355.